The molecule has 258 valence electrons. The largest absolute Gasteiger partial charge is 0.456 e. The summed E-state index contributed by atoms with van der Waals surface area (Å²) >= 11 is 0. The summed E-state index contributed by atoms with van der Waals surface area (Å²) in [5, 5.41) is 15.5. The molecule has 0 spiro atoms. The zero-order valence-electron chi connectivity index (χ0n) is 30.0. The number of aromatic nitrogens is 3. The van der Waals surface area contributed by atoms with Crippen LogP contribution in [0, 0.1) is 0 Å². The molecular weight excluding hydrogens is 683 g/mol. The van der Waals surface area contributed by atoms with Gasteiger partial charge in [-0.1, -0.05) is 140 Å². The summed E-state index contributed by atoms with van der Waals surface area (Å²) in [6, 6.07) is 62.8. The van der Waals surface area contributed by atoms with Gasteiger partial charge in [-0.15, -0.1) is 0 Å². The van der Waals surface area contributed by atoms with Crippen molar-refractivity contribution in [2.24, 2.45) is 0 Å². The minimum absolute atomic E-state index is 0.645. The highest BCUT2D eigenvalue weighted by Gasteiger charge is 2.23. The molecule has 0 saturated heterocycles. The van der Waals surface area contributed by atoms with Gasteiger partial charge in [-0.25, -0.2) is 9.97 Å². The Hall–Kier alpha value is -7.56. The molecule has 0 saturated carbocycles. The first-order valence-corrected chi connectivity index (χ1v) is 19.1. The van der Waals surface area contributed by atoms with Gasteiger partial charge in [0, 0.05) is 32.5 Å². The van der Waals surface area contributed by atoms with Crippen molar-refractivity contribution >= 4 is 97.7 Å². The fraction of sp³-hybridized carbons (Fsp3) is 0. The fourth-order valence-electron chi connectivity index (χ4n) is 9.59. The highest BCUT2D eigenvalue weighted by molar-refractivity contribution is 6.41. The molecule has 56 heavy (non-hydrogen) atoms. The van der Waals surface area contributed by atoms with E-state index in [1.807, 2.05) is 6.07 Å². The molecule has 0 radical (unpaired) electrons. The summed E-state index contributed by atoms with van der Waals surface area (Å²) < 4.78 is 8.87. The first-order chi connectivity index (χ1) is 27.8. The van der Waals surface area contributed by atoms with Crippen molar-refractivity contribution in [1.29, 1.82) is 0 Å². The Labute approximate surface area is 319 Å². The van der Waals surface area contributed by atoms with Crippen LogP contribution in [-0.2, 0) is 0 Å². The van der Waals surface area contributed by atoms with Crippen molar-refractivity contribution in [3.05, 3.63) is 176 Å². The Morgan fingerprint density at radius 1 is 0.339 bits per heavy atom. The predicted octanol–water partition coefficient (Wildman–Crippen LogP) is 14.0. The minimum atomic E-state index is 0.645. The number of rotatable bonds is 3. The third kappa shape index (κ3) is 3.97. The van der Waals surface area contributed by atoms with Gasteiger partial charge in [-0.3, -0.25) is 4.57 Å². The summed E-state index contributed by atoms with van der Waals surface area (Å²) in [6.07, 6.45) is 0. The second kappa shape index (κ2) is 11.0. The SMILES string of the molecule is c1ccc(-c2cccc(-c3nc(-n4c5ccccc5c5c6cccc7c8cccc9c%10c(cc(c(cc54)c76)c89)oc4ccccc4%10)nc4ccccc34)c2)cc1. The van der Waals surface area contributed by atoms with E-state index < -0.39 is 0 Å². The molecule has 0 amide bonds. The van der Waals surface area contributed by atoms with Gasteiger partial charge in [-0.05, 0) is 90.6 Å². The standard InChI is InChI=1S/C52H29N3O/c1-2-13-30(14-3-1)31-15-10-16-32(27-31)51-35-17-4-7-24-42(35)53-52(54-51)55-43-25-8-5-18-36(43)49-38-22-11-20-33-34-21-12-23-39-48(34)41(40(47(33)38)28-44(49)55)29-46-50(39)37-19-6-9-26-45(37)56-46/h1-29H. The number of furan rings is 1. The molecule has 13 aromatic rings. The van der Waals surface area contributed by atoms with Crippen LogP contribution in [0.25, 0.3) is 126 Å². The van der Waals surface area contributed by atoms with Gasteiger partial charge in [-0.2, -0.15) is 0 Å². The van der Waals surface area contributed by atoms with Crippen LogP contribution in [0.5, 0.6) is 0 Å². The summed E-state index contributed by atoms with van der Waals surface area (Å²) in [5.74, 6) is 0.645. The summed E-state index contributed by atoms with van der Waals surface area (Å²) in [5.41, 5.74) is 9.13. The second-order valence-corrected chi connectivity index (χ2v) is 14.9. The maximum Gasteiger partial charge on any atom is 0.235 e. The van der Waals surface area contributed by atoms with Crippen molar-refractivity contribution in [2.45, 2.75) is 0 Å². The van der Waals surface area contributed by atoms with E-state index in [0.717, 1.165) is 55.3 Å². The van der Waals surface area contributed by atoms with Gasteiger partial charge in [0.25, 0.3) is 0 Å². The van der Waals surface area contributed by atoms with E-state index in [0.29, 0.717) is 5.95 Å². The molecule has 0 N–H and O–H groups in total. The molecule has 13 rings (SSSR count). The van der Waals surface area contributed by atoms with E-state index in [2.05, 4.69) is 174 Å². The molecular formula is C52H29N3O. The Kier molecular flexibility index (Phi) is 5.86. The monoisotopic (exact) mass is 711 g/mol. The molecule has 0 fully saturated rings. The highest BCUT2D eigenvalue weighted by atomic mass is 16.3. The van der Waals surface area contributed by atoms with Crippen LogP contribution in [0.15, 0.2) is 180 Å². The molecule has 4 nitrogen and oxygen atoms in total. The summed E-state index contributed by atoms with van der Waals surface area (Å²) in [7, 11) is 0. The molecule has 10 aromatic carbocycles. The van der Waals surface area contributed by atoms with Crippen LogP contribution in [0.1, 0.15) is 0 Å². The lowest BCUT2D eigenvalue weighted by molar-refractivity contribution is 0.669. The number of hydrogen-bond donors (Lipinski definition) is 0. The maximum atomic E-state index is 6.59. The molecule has 0 bridgehead atoms. The van der Waals surface area contributed by atoms with E-state index in [-0.39, 0.29) is 0 Å². The van der Waals surface area contributed by atoms with Crippen LogP contribution >= 0.6 is 0 Å². The Morgan fingerprint density at radius 3 is 1.79 bits per heavy atom. The smallest absolute Gasteiger partial charge is 0.235 e. The lowest BCUT2D eigenvalue weighted by Gasteiger charge is -2.16. The normalized spacial score (nSPS) is 12.3. The van der Waals surface area contributed by atoms with Gasteiger partial charge < -0.3 is 4.42 Å². The molecule has 0 aliphatic carbocycles. The topological polar surface area (TPSA) is 43.9 Å². The van der Waals surface area contributed by atoms with E-state index >= 15 is 0 Å². The lowest BCUT2D eigenvalue weighted by atomic mass is 9.87. The minimum Gasteiger partial charge on any atom is -0.456 e. The Bertz CT molecular complexity index is 3760. The van der Waals surface area contributed by atoms with E-state index in [9.17, 15) is 0 Å². The first kappa shape index (κ1) is 29.8. The third-order valence-corrected chi connectivity index (χ3v) is 11.9. The van der Waals surface area contributed by atoms with Crippen molar-refractivity contribution in [3.8, 4) is 28.3 Å². The number of benzene rings is 10. The average molecular weight is 712 g/mol. The molecule has 0 atom stereocenters. The Balaban J connectivity index is 1.18. The zero-order valence-corrected chi connectivity index (χ0v) is 30.0. The van der Waals surface area contributed by atoms with Gasteiger partial charge in [0.15, 0.2) is 0 Å². The van der Waals surface area contributed by atoms with Gasteiger partial charge >= 0.3 is 0 Å². The molecule has 0 aliphatic rings. The predicted molar refractivity (Wildman–Crippen MR) is 233 cm³/mol. The molecule has 3 heterocycles. The average Bonchev–Trinajstić information content (AvgIpc) is 3.81. The van der Waals surface area contributed by atoms with Crippen LogP contribution in [0.4, 0.5) is 0 Å². The summed E-state index contributed by atoms with van der Waals surface area (Å²) in [4.78, 5) is 10.8. The second-order valence-electron chi connectivity index (χ2n) is 14.9. The van der Waals surface area contributed by atoms with Crippen molar-refractivity contribution in [1.82, 2.24) is 14.5 Å². The quantitative estimate of drug-likeness (QED) is 0.135. The molecule has 3 aromatic heterocycles. The number of fused-ring (bicyclic) bond motifs is 11. The highest BCUT2D eigenvalue weighted by Crippen LogP contribution is 2.48. The zero-order chi connectivity index (χ0) is 36.5. The summed E-state index contributed by atoms with van der Waals surface area (Å²) in [6.45, 7) is 0. The van der Waals surface area contributed by atoms with Crippen molar-refractivity contribution < 1.29 is 4.42 Å². The van der Waals surface area contributed by atoms with Gasteiger partial charge in [0.2, 0.25) is 5.95 Å². The van der Waals surface area contributed by atoms with Gasteiger partial charge in [0.1, 0.15) is 11.2 Å². The third-order valence-electron chi connectivity index (χ3n) is 11.9. The number of para-hydroxylation sites is 3. The number of hydrogen-bond acceptors (Lipinski definition) is 3. The lowest BCUT2D eigenvalue weighted by Crippen LogP contribution is -2.03. The van der Waals surface area contributed by atoms with Crippen LogP contribution in [0.2, 0.25) is 0 Å². The van der Waals surface area contributed by atoms with Crippen molar-refractivity contribution in [2.75, 3.05) is 0 Å². The van der Waals surface area contributed by atoms with E-state index in [1.54, 1.807) is 0 Å². The van der Waals surface area contributed by atoms with Crippen LogP contribution in [0.3, 0.4) is 0 Å². The van der Waals surface area contributed by atoms with Crippen LogP contribution in [-0.4, -0.2) is 14.5 Å². The van der Waals surface area contributed by atoms with Crippen molar-refractivity contribution in [3.63, 3.8) is 0 Å². The Morgan fingerprint density at radius 2 is 0.946 bits per heavy atom. The van der Waals surface area contributed by atoms with E-state index in [1.165, 1.54) is 64.8 Å². The van der Waals surface area contributed by atoms with Gasteiger partial charge in [0.05, 0.1) is 22.2 Å². The molecule has 4 heteroatoms. The molecule has 0 aliphatic heterocycles. The first-order valence-electron chi connectivity index (χ1n) is 19.1. The maximum absolute atomic E-state index is 6.59. The fourth-order valence-corrected chi connectivity index (χ4v) is 9.59. The number of nitrogens with zero attached hydrogens (tertiary/aromatic N) is 3. The molecule has 0 unspecified atom stereocenters. The van der Waals surface area contributed by atoms with Crippen LogP contribution < -0.4 is 0 Å². The van der Waals surface area contributed by atoms with E-state index in [4.69, 9.17) is 14.4 Å².